The summed E-state index contributed by atoms with van der Waals surface area (Å²) in [6.07, 6.45) is 0. The zero-order valence-corrected chi connectivity index (χ0v) is 19.4. The number of benzene rings is 3. The Hall–Kier alpha value is -4.12. The van der Waals surface area contributed by atoms with Crippen molar-refractivity contribution >= 4 is 21.4 Å². The predicted octanol–water partition coefficient (Wildman–Crippen LogP) is 4.62. The summed E-state index contributed by atoms with van der Waals surface area (Å²) >= 11 is 0. The van der Waals surface area contributed by atoms with Crippen LogP contribution in [0.1, 0.15) is 18.9 Å². The molecule has 180 valence electrons. The Bertz CT molecular complexity index is 1440. The van der Waals surface area contributed by atoms with Crippen LogP contribution in [0, 0.1) is 5.82 Å². The van der Waals surface area contributed by atoms with Crippen molar-refractivity contribution in [3.05, 3.63) is 78.4 Å². The molecule has 0 amide bonds. The van der Waals surface area contributed by atoms with Gasteiger partial charge in [0.25, 0.3) is 10.0 Å². The van der Waals surface area contributed by atoms with Crippen molar-refractivity contribution < 1.29 is 26.7 Å². The number of sulfonamides is 1. The van der Waals surface area contributed by atoms with Crippen molar-refractivity contribution in [3.63, 3.8) is 0 Å². The van der Waals surface area contributed by atoms with E-state index in [1.165, 1.54) is 24.3 Å². The third-order valence-electron chi connectivity index (χ3n) is 5.25. The lowest BCUT2D eigenvalue weighted by Crippen LogP contribution is -2.17. The van der Waals surface area contributed by atoms with E-state index in [1.807, 2.05) is 6.92 Å². The molecule has 0 aliphatic carbocycles. The first-order chi connectivity index (χ1) is 16.9. The first-order valence-electron chi connectivity index (χ1n) is 10.8. The second kappa shape index (κ2) is 9.26. The van der Waals surface area contributed by atoms with Gasteiger partial charge in [-0.1, -0.05) is 0 Å². The molecule has 0 radical (unpaired) electrons. The second-order valence-corrected chi connectivity index (χ2v) is 9.49. The first-order valence-corrected chi connectivity index (χ1v) is 12.2. The zero-order valence-electron chi connectivity index (χ0n) is 18.6. The van der Waals surface area contributed by atoms with Gasteiger partial charge in [0.05, 0.1) is 4.90 Å². The summed E-state index contributed by atoms with van der Waals surface area (Å²) in [6.45, 7) is 2.65. The first kappa shape index (κ1) is 22.7. The zero-order chi connectivity index (χ0) is 24.4. The summed E-state index contributed by atoms with van der Waals surface area (Å²) in [6, 6.07) is 16.7. The lowest BCUT2D eigenvalue weighted by molar-refractivity contribution is 0.171. The third kappa shape index (κ3) is 5.04. The molecule has 5 rings (SSSR count). The normalized spacial score (nSPS) is 13.8. The summed E-state index contributed by atoms with van der Waals surface area (Å²) in [5, 5.41) is 11.3. The van der Waals surface area contributed by atoms with Crippen LogP contribution in [-0.2, 0) is 10.0 Å². The van der Waals surface area contributed by atoms with E-state index in [9.17, 15) is 12.8 Å². The Kier molecular flexibility index (Phi) is 6.00. The van der Waals surface area contributed by atoms with Crippen LogP contribution in [0.4, 0.5) is 15.8 Å². The van der Waals surface area contributed by atoms with Crippen LogP contribution in [0.2, 0.25) is 0 Å². The SMILES string of the molecule is CC(Nc1ccc(NS(=O)(=O)c2ccc3c(c2)OCCO3)cc1)c1nnc(-c2ccc(F)cc2)o1. The lowest BCUT2D eigenvalue weighted by atomic mass is 10.2. The molecule has 11 heteroatoms. The van der Waals surface area contributed by atoms with Crippen molar-refractivity contribution in [2.75, 3.05) is 23.3 Å². The summed E-state index contributed by atoms with van der Waals surface area (Å²) < 4.78 is 57.9. The molecular weight excluding hydrogens is 475 g/mol. The van der Waals surface area contributed by atoms with Crippen LogP contribution >= 0.6 is 0 Å². The van der Waals surface area contributed by atoms with Crippen molar-refractivity contribution in [2.24, 2.45) is 0 Å². The number of hydrogen-bond acceptors (Lipinski definition) is 8. The van der Waals surface area contributed by atoms with E-state index in [4.69, 9.17) is 13.9 Å². The van der Waals surface area contributed by atoms with E-state index >= 15 is 0 Å². The maximum Gasteiger partial charge on any atom is 0.262 e. The fourth-order valence-corrected chi connectivity index (χ4v) is 4.54. The second-order valence-electron chi connectivity index (χ2n) is 7.81. The van der Waals surface area contributed by atoms with Crippen LogP contribution in [0.25, 0.3) is 11.5 Å². The number of nitrogens with zero attached hydrogens (tertiary/aromatic N) is 2. The number of aromatic nitrogens is 2. The van der Waals surface area contributed by atoms with Gasteiger partial charge in [-0.2, -0.15) is 0 Å². The lowest BCUT2D eigenvalue weighted by Gasteiger charge is -2.19. The standard InChI is InChI=1S/C24H21FN4O5S/c1-15(23-27-28-24(34-23)16-2-4-17(25)5-3-16)26-18-6-8-19(9-7-18)29-35(30,31)20-10-11-21-22(14-20)33-13-12-32-21/h2-11,14-15,26,29H,12-13H2,1H3. The van der Waals surface area contributed by atoms with E-state index in [2.05, 4.69) is 20.2 Å². The molecule has 3 aromatic carbocycles. The minimum absolute atomic E-state index is 0.0749. The highest BCUT2D eigenvalue weighted by Crippen LogP contribution is 2.33. The maximum absolute atomic E-state index is 13.1. The van der Waals surface area contributed by atoms with Crippen LogP contribution in [-0.4, -0.2) is 31.8 Å². The van der Waals surface area contributed by atoms with Gasteiger partial charge in [-0.25, -0.2) is 12.8 Å². The van der Waals surface area contributed by atoms with Crippen LogP contribution in [0.5, 0.6) is 11.5 Å². The summed E-state index contributed by atoms with van der Waals surface area (Å²) in [7, 11) is -3.81. The average molecular weight is 497 g/mol. The average Bonchev–Trinajstić information content (AvgIpc) is 3.36. The van der Waals surface area contributed by atoms with E-state index in [0.29, 0.717) is 41.9 Å². The molecule has 1 unspecified atom stereocenters. The molecule has 4 aromatic rings. The van der Waals surface area contributed by atoms with E-state index in [1.54, 1.807) is 42.5 Å². The van der Waals surface area contributed by atoms with Gasteiger partial charge >= 0.3 is 0 Å². The smallest absolute Gasteiger partial charge is 0.262 e. The minimum atomic E-state index is -3.81. The molecule has 1 atom stereocenters. The van der Waals surface area contributed by atoms with Crippen LogP contribution in [0.3, 0.4) is 0 Å². The van der Waals surface area contributed by atoms with Gasteiger partial charge in [0.15, 0.2) is 11.5 Å². The van der Waals surface area contributed by atoms with Crippen molar-refractivity contribution in [2.45, 2.75) is 17.9 Å². The van der Waals surface area contributed by atoms with Gasteiger partial charge in [0.1, 0.15) is 25.1 Å². The Morgan fingerprint density at radius 3 is 2.31 bits per heavy atom. The van der Waals surface area contributed by atoms with Gasteiger partial charge in [-0.3, -0.25) is 4.72 Å². The number of halogens is 1. The Morgan fingerprint density at radius 1 is 0.886 bits per heavy atom. The van der Waals surface area contributed by atoms with Crippen molar-refractivity contribution in [1.82, 2.24) is 10.2 Å². The number of fused-ring (bicyclic) bond motifs is 1. The monoisotopic (exact) mass is 496 g/mol. The summed E-state index contributed by atoms with van der Waals surface area (Å²) in [4.78, 5) is 0.0749. The highest BCUT2D eigenvalue weighted by Gasteiger charge is 2.20. The molecule has 0 saturated heterocycles. The fourth-order valence-electron chi connectivity index (χ4n) is 3.47. The highest BCUT2D eigenvalue weighted by molar-refractivity contribution is 7.92. The molecule has 2 heterocycles. The quantitative estimate of drug-likeness (QED) is 0.381. The number of ether oxygens (including phenoxy) is 2. The van der Waals surface area contributed by atoms with Gasteiger partial charge in [-0.05, 0) is 67.6 Å². The van der Waals surface area contributed by atoms with Gasteiger partial charge < -0.3 is 19.2 Å². The largest absolute Gasteiger partial charge is 0.486 e. The Balaban J connectivity index is 1.24. The van der Waals surface area contributed by atoms with E-state index < -0.39 is 10.0 Å². The minimum Gasteiger partial charge on any atom is -0.486 e. The molecular formula is C24H21FN4O5S. The molecule has 1 aliphatic rings. The molecule has 1 aromatic heterocycles. The Labute approximate surface area is 201 Å². The molecule has 2 N–H and O–H groups in total. The van der Waals surface area contributed by atoms with Crippen molar-refractivity contribution in [1.29, 1.82) is 0 Å². The van der Waals surface area contributed by atoms with E-state index in [0.717, 1.165) is 5.69 Å². The van der Waals surface area contributed by atoms with Crippen molar-refractivity contribution in [3.8, 4) is 23.0 Å². The number of rotatable bonds is 7. The third-order valence-corrected chi connectivity index (χ3v) is 6.63. The fraction of sp³-hybridized carbons (Fsp3) is 0.167. The predicted molar refractivity (Wildman–Crippen MR) is 126 cm³/mol. The molecule has 1 aliphatic heterocycles. The van der Waals surface area contributed by atoms with E-state index in [-0.39, 0.29) is 22.6 Å². The topological polar surface area (TPSA) is 116 Å². The summed E-state index contributed by atoms with van der Waals surface area (Å²) in [5.74, 6) is 1.22. The van der Waals surface area contributed by atoms with Crippen LogP contribution < -0.4 is 19.5 Å². The number of anilines is 2. The van der Waals surface area contributed by atoms with Gasteiger partial charge in [0, 0.05) is 23.0 Å². The molecule has 0 saturated carbocycles. The molecule has 9 nitrogen and oxygen atoms in total. The van der Waals surface area contributed by atoms with Gasteiger partial charge in [-0.15, -0.1) is 10.2 Å². The maximum atomic E-state index is 13.1. The highest BCUT2D eigenvalue weighted by atomic mass is 32.2. The molecule has 0 bridgehead atoms. The molecule has 35 heavy (non-hydrogen) atoms. The molecule has 0 spiro atoms. The van der Waals surface area contributed by atoms with Gasteiger partial charge in [0.2, 0.25) is 11.8 Å². The molecule has 0 fully saturated rings. The number of nitrogens with one attached hydrogen (secondary N) is 2. The number of hydrogen-bond donors (Lipinski definition) is 2. The van der Waals surface area contributed by atoms with Crippen LogP contribution in [0.15, 0.2) is 76.0 Å². The Morgan fingerprint density at radius 2 is 1.57 bits per heavy atom. The summed E-state index contributed by atoms with van der Waals surface area (Å²) in [5.41, 5.74) is 1.74.